The molecule has 4 fully saturated rings. The summed E-state index contributed by atoms with van der Waals surface area (Å²) in [6.45, 7) is -6.12. The predicted octanol–water partition coefficient (Wildman–Crippen LogP) is -3.02. The Morgan fingerprint density at radius 3 is 1.51 bits per heavy atom. The summed E-state index contributed by atoms with van der Waals surface area (Å²) in [5.41, 5.74) is 24.0. The minimum atomic E-state index is -4.94. The van der Waals surface area contributed by atoms with Crippen LogP contribution in [0.3, 0.4) is 0 Å². The van der Waals surface area contributed by atoms with Crippen molar-refractivity contribution >= 4 is 141 Å². The summed E-state index contributed by atoms with van der Waals surface area (Å²) in [6, 6.07) is 13.5. The lowest BCUT2D eigenvalue weighted by Gasteiger charge is -2.19. The molecule has 14 rings (SSSR count). The first kappa shape index (κ1) is 87.3. The Bertz CT molecular complexity index is 5690. The van der Waals surface area contributed by atoms with Gasteiger partial charge in [-0.2, -0.15) is 14.5 Å². The maximum Gasteiger partial charge on any atom is 0.469 e. The monoisotopic (exact) mass is 1750 g/mol. The van der Waals surface area contributed by atoms with E-state index in [0.29, 0.717) is 28.1 Å². The summed E-state index contributed by atoms with van der Waals surface area (Å²) in [4.78, 5) is 193. The van der Waals surface area contributed by atoms with Crippen LogP contribution in [0.5, 0.6) is 0 Å². The van der Waals surface area contributed by atoms with Gasteiger partial charge in [0.1, 0.15) is 79.2 Å². The fraction of sp³-hybridized carbons (Fsp3) is 0.393. The van der Waals surface area contributed by atoms with E-state index in [1.54, 1.807) is 67.2 Å². The van der Waals surface area contributed by atoms with E-state index in [4.69, 9.17) is 100 Å². The van der Waals surface area contributed by atoms with E-state index in [-0.39, 0.29) is 82.0 Å². The number of benzene rings is 2. The number of esters is 2. The number of para-hydroxylation sites is 2. The maximum atomic E-state index is 12.8. The zero-order valence-corrected chi connectivity index (χ0v) is 64.6. The molecular formula is C56H72N22O32P5S+. The van der Waals surface area contributed by atoms with E-state index in [9.17, 15) is 52.4 Å². The van der Waals surface area contributed by atoms with Gasteiger partial charge in [0.25, 0.3) is 16.8 Å². The van der Waals surface area contributed by atoms with Gasteiger partial charge in [-0.25, -0.2) is 57.8 Å². The lowest BCUT2D eigenvalue weighted by atomic mass is 10.1. The number of nitrogens with zero attached hydrogens (tertiary/aromatic N) is 12. The molecular weight excluding hydrogens is 1680 g/mol. The Kier molecular flexibility index (Phi) is 26.9. The quantitative estimate of drug-likeness (QED) is 0.0163. The third kappa shape index (κ3) is 21.4. The second-order valence-electron chi connectivity index (χ2n) is 24.8. The van der Waals surface area contributed by atoms with Crippen LogP contribution in [0.4, 0.5) is 35.0 Å². The summed E-state index contributed by atoms with van der Waals surface area (Å²) in [7, 11) is -16.0. The SMILES string of the molecule is CNc1ccccc1C(=O)O[C@H]1C[C@H](n2cnc3c(=O)[nH]c(N)nc32)O[C@@H]1COP(=O)(O)O.CNc1ccccc1C(=O)O[C@H]1C[C@H](n2cnc3c(N)ncnc32)O[C@@H]1COP(=O)(O)O.Nc1[nH]c(=O)c2[nH]cnc2[n+]1[C@H]1C[C@H](OP(=O)(O)O)[C@@H](COP(=O)(O)O)O1.Nc1nc2c(ncn2[C@@H]2O[C@H](COP(O)(O)=S)[C@@H](O)C2O)c(=O)[nH]1. The molecule has 1 unspecified atom stereocenters. The normalized spacial score (nSPS) is 23.0. The largest absolute Gasteiger partial charge is 0.469 e. The number of carbonyl (C=O) groups is 2. The number of anilines is 6. The molecule has 0 amide bonds. The van der Waals surface area contributed by atoms with Crippen LogP contribution < -0.4 is 54.8 Å². The van der Waals surface area contributed by atoms with Crippen LogP contribution in [0.15, 0.2) is 94.6 Å². The Balaban J connectivity index is 0.000000153. The molecule has 0 radical (unpaired) electrons. The topological polar surface area (TPSA) is 811 Å². The summed E-state index contributed by atoms with van der Waals surface area (Å²) >= 11 is 4.31. The molecule has 13 atom stereocenters. The minimum absolute atomic E-state index is 0.0181. The molecule has 2 aromatic carbocycles. The summed E-state index contributed by atoms with van der Waals surface area (Å²) < 4.78 is 107. The lowest BCUT2D eigenvalue weighted by molar-refractivity contribution is -0.728. The van der Waals surface area contributed by atoms with Crippen molar-refractivity contribution in [3.8, 4) is 0 Å². The molecule has 116 heavy (non-hydrogen) atoms. The van der Waals surface area contributed by atoms with Crippen molar-refractivity contribution in [3.63, 3.8) is 0 Å². The molecule has 60 heteroatoms. The average molecular weight is 1750 g/mol. The number of aromatic nitrogens is 16. The van der Waals surface area contributed by atoms with Gasteiger partial charge in [-0.3, -0.25) is 56.1 Å². The van der Waals surface area contributed by atoms with Crippen molar-refractivity contribution in [2.75, 3.05) is 74.1 Å². The van der Waals surface area contributed by atoms with Gasteiger partial charge < -0.3 is 131 Å². The highest BCUT2D eigenvalue weighted by Gasteiger charge is 2.48. The number of aliphatic hydroxyl groups is 2. The Morgan fingerprint density at radius 2 is 1.02 bits per heavy atom. The van der Waals surface area contributed by atoms with Gasteiger partial charge in [-0.15, -0.1) is 4.98 Å². The maximum absolute atomic E-state index is 12.8. The molecule has 4 aliphatic heterocycles. The molecule has 54 nitrogen and oxygen atoms in total. The number of rotatable bonds is 24. The minimum Gasteiger partial charge on any atom is -0.456 e. The highest BCUT2D eigenvalue weighted by molar-refractivity contribution is 8.06. The zero-order valence-electron chi connectivity index (χ0n) is 59.3. The van der Waals surface area contributed by atoms with Crippen molar-refractivity contribution in [1.82, 2.24) is 73.5 Å². The van der Waals surface area contributed by atoms with Crippen LogP contribution in [0.2, 0.25) is 0 Å². The molecule has 12 heterocycles. The summed E-state index contributed by atoms with van der Waals surface area (Å²) in [5.74, 6) is -1.52. The van der Waals surface area contributed by atoms with Crippen LogP contribution in [0.1, 0.15) is 64.9 Å². The van der Waals surface area contributed by atoms with Gasteiger partial charge in [0.2, 0.25) is 11.9 Å². The molecule has 0 aliphatic carbocycles. The van der Waals surface area contributed by atoms with Crippen LogP contribution in [-0.2, 0) is 81.1 Å². The van der Waals surface area contributed by atoms with E-state index in [1.807, 2.05) is 0 Å². The number of fused-ring (bicyclic) bond motifs is 4. The fourth-order valence-corrected chi connectivity index (χ4v) is 14.3. The number of hydrogen-bond donors (Lipinski definition) is 22. The number of phosphoric acid groups is 4. The van der Waals surface area contributed by atoms with Crippen molar-refractivity contribution in [3.05, 3.63) is 122 Å². The third-order valence-corrected chi connectivity index (χ3v) is 20.0. The molecule has 4 aliphatic rings. The van der Waals surface area contributed by atoms with E-state index >= 15 is 0 Å². The first-order valence-electron chi connectivity index (χ1n) is 33.2. The number of aromatic amines is 4. The first-order valence-corrected chi connectivity index (χ1v) is 41.9. The highest BCUT2D eigenvalue weighted by atomic mass is 32.5. The van der Waals surface area contributed by atoms with Crippen molar-refractivity contribution < 1.29 is 143 Å². The number of H-pyrrole nitrogens is 4. The lowest BCUT2D eigenvalue weighted by Crippen LogP contribution is -2.46. The number of nitrogens with two attached hydrogens (primary N) is 4. The van der Waals surface area contributed by atoms with Crippen molar-refractivity contribution in [2.45, 2.75) is 99.1 Å². The average Bonchev–Trinajstić information content (AvgIpc) is 1.62. The molecule has 8 aromatic heterocycles. The van der Waals surface area contributed by atoms with Crippen LogP contribution >= 0.6 is 38.0 Å². The summed E-state index contributed by atoms with van der Waals surface area (Å²) in [5, 5.41) is 26.0. The smallest absolute Gasteiger partial charge is 0.456 e. The number of phosphoric ester groups is 4. The van der Waals surface area contributed by atoms with Crippen molar-refractivity contribution in [1.29, 1.82) is 0 Å². The predicted molar refractivity (Wildman–Crippen MR) is 394 cm³/mol. The van der Waals surface area contributed by atoms with E-state index < -0.39 is 173 Å². The highest BCUT2D eigenvalue weighted by Crippen LogP contribution is 2.46. The van der Waals surface area contributed by atoms with Gasteiger partial charge in [-0.1, -0.05) is 24.3 Å². The number of nitrogens with one attached hydrogen (secondary N) is 6. The fourth-order valence-electron chi connectivity index (χ4n) is 12.2. The van der Waals surface area contributed by atoms with E-state index in [1.165, 1.54) is 45.3 Å². The molecule has 4 saturated heterocycles. The number of ether oxygens (including phenoxy) is 6. The van der Waals surface area contributed by atoms with Gasteiger partial charge >= 0.3 is 61.5 Å². The Morgan fingerprint density at radius 1 is 0.552 bits per heavy atom. The number of imidazole rings is 4. The van der Waals surface area contributed by atoms with Crippen LogP contribution in [-0.4, -0.2) is 240 Å². The number of carbonyl (C=O) groups excluding carboxylic acids is 2. The van der Waals surface area contributed by atoms with Crippen molar-refractivity contribution in [2.24, 2.45) is 0 Å². The summed E-state index contributed by atoms with van der Waals surface area (Å²) in [6.07, 6.45) is -7.29. The number of aliphatic hydroxyl groups excluding tert-OH is 2. The molecule has 628 valence electrons. The third-order valence-electron chi connectivity index (χ3n) is 17.2. The standard InChI is InChI=1S/C18H21N6O8P.C18H21N6O7P.C10H15N5O10P2.C10H14N5O7PS/c1-20-10-5-3-2-4-9(10)17(26)32-11-6-13(31-12(11)7-30-33(27,28)29)24-8-21-14-15(24)22-18(19)23-16(14)25;1-20-11-5-3-2-4-10(11)18(25)31-12-6-14(30-13(12)7-29-32(26,27)28)24-9-23-15-16(19)21-8-22-17(15)24;11-10-14-9(16)7-8(13-3-12-7)15(10)6-1-4(25-27(20,21)22)5(24-6)2-23-26(17,18)19;11-10-13-7-4(8(18)14-10)12-2-15(7)9-6(17)5(16)3(22-9)1-21-23(19,20)24/h2-5,8,11-13,20H,6-7H2,1H3,(H2,27,28,29)(H3,19,22,23,25);2-5,8-9,12-14,20H,6-7H2,1H3,(H2,19,21,22)(H2,26,27,28);3-6H,1-2H2,(H7,11,12,13,14,16,17,18,19,20,21,22);2-3,5-6,9,16-17H,1H2,(H2,19,20,24)(H3,11,13,14,18)/p+1/t11-,12+,13+;12-,13+,14+;4-,5+,6+;3-,5-,6?,9-/m0001/s1. The second-order valence-corrected chi connectivity index (χ2v) is 32.4. The van der Waals surface area contributed by atoms with Gasteiger partial charge in [0, 0.05) is 44.7 Å². The van der Waals surface area contributed by atoms with Gasteiger partial charge in [0.05, 0.1) is 56.5 Å². The Labute approximate surface area is 650 Å². The van der Waals surface area contributed by atoms with E-state index in [2.05, 4.69) is 105 Å². The van der Waals surface area contributed by atoms with Gasteiger partial charge in [0.15, 0.2) is 58.1 Å². The first-order chi connectivity index (χ1) is 54.5. The second kappa shape index (κ2) is 35.8. The van der Waals surface area contributed by atoms with Crippen LogP contribution in [0, 0.1) is 0 Å². The van der Waals surface area contributed by atoms with Crippen LogP contribution in [0.25, 0.3) is 44.7 Å². The number of nitrogen functional groups attached to an aromatic ring is 4. The molecule has 0 saturated carbocycles. The Hall–Kier alpha value is -9.49. The zero-order chi connectivity index (χ0) is 84.3. The van der Waals surface area contributed by atoms with E-state index in [0.717, 1.165) is 0 Å². The number of hydrogen-bond acceptors (Lipinski definition) is 37. The molecule has 10 aromatic rings. The molecule has 26 N–H and O–H groups in total. The molecule has 0 spiro atoms. The van der Waals surface area contributed by atoms with Gasteiger partial charge in [-0.05, 0) is 36.1 Å². The molecule has 0 bridgehead atoms.